The van der Waals surface area contributed by atoms with Crippen LogP contribution in [0.3, 0.4) is 0 Å². The predicted octanol–water partition coefficient (Wildman–Crippen LogP) is 3.53. The lowest BCUT2D eigenvalue weighted by atomic mass is 10.1. The zero-order chi connectivity index (χ0) is 14.7. The molecule has 2 aromatic rings. The summed E-state index contributed by atoms with van der Waals surface area (Å²) < 4.78 is 0. The number of aryl methyl sites for hydroxylation is 1. The fourth-order valence-corrected chi connectivity index (χ4v) is 2.07. The Balaban J connectivity index is 2.21. The van der Waals surface area contributed by atoms with Gasteiger partial charge in [0.25, 0.3) is 5.69 Å². The molecule has 2 N–H and O–H groups in total. The van der Waals surface area contributed by atoms with E-state index < -0.39 is 4.92 Å². The number of nitrogens with one attached hydrogen (secondary N) is 1. The molecule has 0 fully saturated rings. The van der Waals surface area contributed by atoms with E-state index in [1.807, 2.05) is 25.1 Å². The number of hydrogen-bond donors (Lipinski definition) is 2. The molecule has 0 saturated carbocycles. The molecule has 0 heterocycles. The highest BCUT2D eigenvalue weighted by molar-refractivity contribution is 5.60. The van der Waals surface area contributed by atoms with Gasteiger partial charge in [-0.1, -0.05) is 24.3 Å². The van der Waals surface area contributed by atoms with E-state index >= 15 is 0 Å². The Morgan fingerprint density at radius 1 is 1.20 bits per heavy atom. The second-order valence-corrected chi connectivity index (χ2v) is 4.64. The van der Waals surface area contributed by atoms with Crippen molar-refractivity contribution in [3.05, 3.63) is 63.2 Å². The van der Waals surface area contributed by atoms with Crippen LogP contribution in [0.5, 0.6) is 5.75 Å². The average molecular weight is 272 g/mol. The van der Waals surface area contributed by atoms with Gasteiger partial charge in [0.1, 0.15) is 5.75 Å². The van der Waals surface area contributed by atoms with Crippen LogP contribution in [0.15, 0.2) is 36.4 Å². The molecular formula is C15H16N2O3. The molecule has 0 aromatic heterocycles. The lowest BCUT2D eigenvalue weighted by molar-refractivity contribution is -0.385. The van der Waals surface area contributed by atoms with E-state index in [4.69, 9.17) is 0 Å². The molecule has 104 valence electrons. The van der Waals surface area contributed by atoms with Gasteiger partial charge in [-0.15, -0.1) is 0 Å². The largest absolute Gasteiger partial charge is 0.507 e. The zero-order valence-corrected chi connectivity index (χ0v) is 11.4. The van der Waals surface area contributed by atoms with Gasteiger partial charge in [-0.05, 0) is 25.5 Å². The summed E-state index contributed by atoms with van der Waals surface area (Å²) in [5, 5.41) is 24.0. The number of hydrogen-bond acceptors (Lipinski definition) is 4. The van der Waals surface area contributed by atoms with Crippen LogP contribution in [0.25, 0.3) is 0 Å². The summed E-state index contributed by atoms with van der Waals surface area (Å²) in [6.45, 7) is 3.95. The summed E-state index contributed by atoms with van der Waals surface area (Å²) in [7, 11) is 0. The lowest BCUT2D eigenvalue weighted by Gasteiger charge is -2.11. The van der Waals surface area contributed by atoms with Crippen LogP contribution in [-0.2, 0) is 6.54 Å². The quantitative estimate of drug-likeness (QED) is 0.659. The maximum atomic E-state index is 10.9. The summed E-state index contributed by atoms with van der Waals surface area (Å²) in [6, 6.07) is 10.4. The standard InChI is InChI=1S/C15H16N2O3/c1-10-5-3-6-12(15(10)18)9-16-13-7-4-8-14(11(13)2)17(19)20/h3-8,16,18H,9H2,1-2H3. The fraction of sp³-hybridized carbons (Fsp3) is 0.200. The minimum absolute atomic E-state index is 0.0865. The highest BCUT2D eigenvalue weighted by Gasteiger charge is 2.13. The first-order valence-electron chi connectivity index (χ1n) is 6.26. The summed E-state index contributed by atoms with van der Waals surface area (Å²) in [5.74, 6) is 0.253. The van der Waals surface area contributed by atoms with Crippen molar-refractivity contribution in [3.8, 4) is 5.75 Å². The van der Waals surface area contributed by atoms with Gasteiger partial charge in [-0.3, -0.25) is 10.1 Å². The number of phenolic OH excluding ortho intramolecular Hbond substituents is 1. The van der Waals surface area contributed by atoms with Crippen LogP contribution in [0, 0.1) is 24.0 Å². The van der Waals surface area contributed by atoms with Crippen molar-refractivity contribution in [1.29, 1.82) is 0 Å². The minimum atomic E-state index is -0.398. The molecule has 0 saturated heterocycles. The Morgan fingerprint density at radius 2 is 1.90 bits per heavy atom. The smallest absolute Gasteiger partial charge is 0.274 e. The van der Waals surface area contributed by atoms with Crippen LogP contribution < -0.4 is 5.32 Å². The number of rotatable bonds is 4. The Hall–Kier alpha value is -2.56. The molecule has 0 aliphatic carbocycles. The first-order chi connectivity index (χ1) is 9.50. The fourth-order valence-electron chi connectivity index (χ4n) is 2.07. The Kier molecular flexibility index (Phi) is 3.89. The highest BCUT2D eigenvalue weighted by atomic mass is 16.6. The van der Waals surface area contributed by atoms with Gasteiger partial charge in [0.15, 0.2) is 0 Å². The van der Waals surface area contributed by atoms with Gasteiger partial charge < -0.3 is 10.4 Å². The summed E-state index contributed by atoms with van der Waals surface area (Å²) in [4.78, 5) is 10.5. The Bertz CT molecular complexity index is 654. The van der Waals surface area contributed by atoms with Crippen molar-refractivity contribution in [3.63, 3.8) is 0 Å². The first-order valence-corrected chi connectivity index (χ1v) is 6.26. The number of nitro groups is 1. The number of benzene rings is 2. The topological polar surface area (TPSA) is 75.4 Å². The molecule has 0 amide bonds. The highest BCUT2D eigenvalue weighted by Crippen LogP contribution is 2.27. The van der Waals surface area contributed by atoms with E-state index in [0.717, 1.165) is 11.1 Å². The van der Waals surface area contributed by atoms with Crippen molar-refractivity contribution in [2.24, 2.45) is 0 Å². The van der Waals surface area contributed by atoms with E-state index in [-0.39, 0.29) is 11.4 Å². The van der Waals surface area contributed by atoms with Crippen LogP contribution in [0.2, 0.25) is 0 Å². The molecule has 0 atom stereocenters. The predicted molar refractivity (Wildman–Crippen MR) is 78.0 cm³/mol. The van der Waals surface area contributed by atoms with Crippen LogP contribution in [-0.4, -0.2) is 10.0 Å². The third-order valence-corrected chi connectivity index (χ3v) is 3.29. The summed E-state index contributed by atoms with van der Waals surface area (Å²) in [6.07, 6.45) is 0. The van der Waals surface area contributed by atoms with Gasteiger partial charge in [0.2, 0.25) is 0 Å². The molecule has 2 aromatic carbocycles. The number of nitrogens with zero attached hydrogens (tertiary/aromatic N) is 1. The summed E-state index contributed by atoms with van der Waals surface area (Å²) in [5.41, 5.74) is 2.93. The molecule has 0 bridgehead atoms. The minimum Gasteiger partial charge on any atom is -0.507 e. The molecule has 20 heavy (non-hydrogen) atoms. The molecule has 5 nitrogen and oxygen atoms in total. The molecule has 0 unspecified atom stereocenters. The van der Waals surface area contributed by atoms with Crippen LogP contribution >= 0.6 is 0 Å². The third-order valence-electron chi connectivity index (χ3n) is 3.29. The number of nitro benzene ring substituents is 1. The summed E-state index contributed by atoms with van der Waals surface area (Å²) >= 11 is 0. The maximum absolute atomic E-state index is 10.9. The van der Waals surface area contributed by atoms with E-state index in [1.54, 1.807) is 19.1 Å². The molecule has 5 heteroatoms. The first kappa shape index (κ1) is 13.9. The van der Waals surface area contributed by atoms with Gasteiger partial charge >= 0.3 is 0 Å². The van der Waals surface area contributed by atoms with Crippen molar-refractivity contribution >= 4 is 11.4 Å². The van der Waals surface area contributed by atoms with Gasteiger partial charge in [-0.25, -0.2) is 0 Å². The monoisotopic (exact) mass is 272 g/mol. The Morgan fingerprint density at radius 3 is 2.60 bits per heavy atom. The second kappa shape index (κ2) is 5.61. The second-order valence-electron chi connectivity index (χ2n) is 4.64. The van der Waals surface area contributed by atoms with Gasteiger partial charge in [0, 0.05) is 29.4 Å². The number of phenols is 1. The number of para-hydroxylation sites is 1. The molecule has 0 radical (unpaired) electrons. The molecule has 0 aliphatic heterocycles. The maximum Gasteiger partial charge on any atom is 0.274 e. The zero-order valence-electron chi connectivity index (χ0n) is 11.4. The molecule has 2 rings (SSSR count). The van der Waals surface area contributed by atoms with Gasteiger partial charge in [-0.2, -0.15) is 0 Å². The SMILES string of the molecule is Cc1cccc(CNc2cccc([N+](=O)[O-])c2C)c1O. The molecular weight excluding hydrogens is 256 g/mol. The van der Waals surface area contributed by atoms with E-state index in [0.29, 0.717) is 17.8 Å². The number of aromatic hydroxyl groups is 1. The molecule has 0 spiro atoms. The van der Waals surface area contributed by atoms with E-state index in [2.05, 4.69) is 5.32 Å². The van der Waals surface area contributed by atoms with Crippen molar-refractivity contribution in [2.45, 2.75) is 20.4 Å². The van der Waals surface area contributed by atoms with E-state index in [1.165, 1.54) is 6.07 Å². The van der Waals surface area contributed by atoms with Crippen LogP contribution in [0.4, 0.5) is 11.4 Å². The van der Waals surface area contributed by atoms with Crippen molar-refractivity contribution in [1.82, 2.24) is 0 Å². The normalized spacial score (nSPS) is 10.3. The lowest BCUT2D eigenvalue weighted by Crippen LogP contribution is -2.03. The van der Waals surface area contributed by atoms with Crippen molar-refractivity contribution in [2.75, 3.05) is 5.32 Å². The number of anilines is 1. The van der Waals surface area contributed by atoms with Crippen LogP contribution in [0.1, 0.15) is 16.7 Å². The van der Waals surface area contributed by atoms with Crippen molar-refractivity contribution < 1.29 is 10.0 Å². The third kappa shape index (κ3) is 2.71. The molecule has 0 aliphatic rings. The van der Waals surface area contributed by atoms with E-state index in [9.17, 15) is 15.2 Å². The van der Waals surface area contributed by atoms with Gasteiger partial charge in [0.05, 0.1) is 4.92 Å². The average Bonchev–Trinajstić information content (AvgIpc) is 2.41. The Labute approximate surface area is 117 Å².